The lowest BCUT2D eigenvalue weighted by Crippen LogP contribution is -2.25. The quantitative estimate of drug-likeness (QED) is 0.0804. The number of hydrogen-bond donors (Lipinski definition) is 0. The SMILES string of the molecule is CCCCCCc1cnc(-c2ccc(-c3cc(F)c(C(F)(F)Oc4ccc(-c5cc(F)c(F)c(F)c5)c(F)c4)c(F)c3)c(F)c2)nc1. The van der Waals surface area contributed by atoms with Crippen molar-refractivity contribution in [3.63, 3.8) is 0 Å². The second kappa shape index (κ2) is 13.9. The Hall–Kier alpha value is -4.87. The number of benzene rings is 4. The predicted octanol–water partition coefficient (Wildman–Crippen LogP) is 10.7. The monoisotopic (exact) mass is 660 g/mol. The minimum absolute atomic E-state index is 0.221. The van der Waals surface area contributed by atoms with Crippen molar-refractivity contribution < 1.29 is 44.3 Å². The molecule has 3 nitrogen and oxygen atoms in total. The smallest absolute Gasteiger partial charge is 0.429 e. The maximum Gasteiger partial charge on any atom is 0.432 e. The first-order chi connectivity index (χ1) is 22.4. The minimum Gasteiger partial charge on any atom is -0.429 e. The molecule has 0 aliphatic heterocycles. The summed E-state index contributed by atoms with van der Waals surface area (Å²) in [5.74, 6) is -11.4. The van der Waals surface area contributed by atoms with Crippen LogP contribution >= 0.6 is 0 Å². The van der Waals surface area contributed by atoms with Crippen LogP contribution in [0.1, 0.15) is 43.7 Å². The summed E-state index contributed by atoms with van der Waals surface area (Å²) >= 11 is 0. The second-order valence-electron chi connectivity index (χ2n) is 10.7. The van der Waals surface area contributed by atoms with Crippen LogP contribution in [0.2, 0.25) is 0 Å². The Bertz CT molecular complexity index is 1870. The molecule has 47 heavy (non-hydrogen) atoms. The number of alkyl halides is 2. The molecule has 0 saturated carbocycles. The Morgan fingerprint density at radius 3 is 1.68 bits per heavy atom. The number of halogens is 9. The normalized spacial score (nSPS) is 11.6. The van der Waals surface area contributed by atoms with Gasteiger partial charge in [0.25, 0.3) is 0 Å². The van der Waals surface area contributed by atoms with E-state index in [1.54, 1.807) is 12.4 Å². The van der Waals surface area contributed by atoms with E-state index in [-0.39, 0.29) is 22.5 Å². The van der Waals surface area contributed by atoms with Crippen molar-refractivity contribution >= 4 is 0 Å². The highest BCUT2D eigenvalue weighted by molar-refractivity contribution is 5.69. The molecule has 0 amide bonds. The lowest BCUT2D eigenvalue weighted by Gasteiger charge is -2.20. The van der Waals surface area contributed by atoms with Crippen LogP contribution in [0, 0.1) is 40.7 Å². The van der Waals surface area contributed by atoms with Crippen LogP contribution < -0.4 is 4.74 Å². The topological polar surface area (TPSA) is 35.0 Å². The highest BCUT2D eigenvalue weighted by Gasteiger charge is 2.41. The van der Waals surface area contributed by atoms with Gasteiger partial charge in [0.15, 0.2) is 23.3 Å². The third-order valence-electron chi connectivity index (χ3n) is 7.38. The Kier molecular flexibility index (Phi) is 9.88. The van der Waals surface area contributed by atoms with E-state index in [0.29, 0.717) is 30.3 Å². The van der Waals surface area contributed by atoms with Crippen molar-refractivity contribution in [3.05, 3.63) is 125 Å². The molecule has 0 aliphatic carbocycles. The fourth-order valence-corrected chi connectivity index (χ4v) is 4.99. The summed E-state index contributed by atoms with van der Waals surface area (Å²) in [6, 6.07) is 7.64. The van der Waals surface area contributed by atoms with E-state index in [0.717, 1.165) is 55.9 Å². The number of unbranched alkanes of at least 4 members (excludes halogenated alkanes) is 3. The molecule has 244 valence electrons. The summed E-state index contributed by atoms with van der Waals surface area (Å²) in [7, 11) is 0. The van der Waals surface area contributed by atoms with Gasteiger partial charge >= 0.3 is 6.11 Å². The average molecular weight is 661 g/mol. The van der Waals surface area contributed by atoms with E-state index in [9.17, 15) is 26.3 Å². The third-order valence-corrected chi connectivity index (χ3v) is 7.38. The molecule has 5 aromatic rings. The van der Waals surface area contributed by atoms with Crippen LogP contribution in [-0.2, 0) is 12.5 Å². The van der Waals surface area contributed by atoms with Crippen LogP contribution in [0.25, 0.3) is 33.6 Å². The molecule has 0 aliphatic rings. The van der Waals surface area contributed by atoms with Gasteiger partial charge in [0.2, 0.25) is 0 Å². The van der Waals surface area contributed by atoms with Crippen molar-refractivity contribution in [1.82, 2.24) is 9.97 Å². The van der Waals surface area contributed by atoms with E-state index >= 15 is 13.2 Å². The van der Waals surface area contributed by atoms with Crippen LogP contribution in [-0.4, -0.2) is 9.97 Å². The van der Waals surface area contributed by atoms with E-state index in [1.807, 2.05) is 0 Å². The van der Waals surface area contributed by atoms with Gasteiger partial charge in [-0.25, -0.2) is 40.7 Å². The number of aryl methyl sites for hydroxylation is 1. The highest BCUT2D eigenvalue weighted by atomic mass is 19.3. The fraction of sp³-hybridized carbons (Fsp3) is 0.200. The molecule has 0 bridgehead atoms. The van der Waals surface area contributed by atoms with Gasteiger partial charge in [0.1, 0.15) is 34.6 Å². The number of hydrogen-bond acceptors (Lipinski definition) is 3. The van der Waals surface area contributed by atoms with Gasteiger partial charge in [0, 0.05) is 35.2 Å². The van der Waals surface area contributed by atoms with Crippen molar-refractivity contribution in [2.75, 3.05) is 0 Å². The zero-order valence-corrected chi connectivity index (χ0v) is 24.7. The molecule has 0 radical (unpaired) electrons. The Morgan fingerprint density at radius 1 is 0.596 bits per heavy atom. The lowest BCUT2D eigenvalue weighted by molar-refractivity contribution is -0.189. The van der Waals surface area contributed by atoms with E-state index in [2.05, 4.69) is 21.6 Å². The fourth-order valence-electron chi connectivity index (χ4n) is 4.99. The molecule has 12 heteroatoms. The van der Waals surface area contributed by atoms with Gasteiger partial charge in [0.05, 0.1) is 0 Å². The zero-order valence-electron chi connectivity index (χ0n) is 24.7. The number of aromatic nitrogens is 2. The predicted molar refractivity (Wildman–Crippen MR) is 157 cm³/mol. The molecule has 0 fully saturated rings. The summed E-state index contributed by atoms with van der Waals surface area (Å²) in [6.07, 6.45) is 3.71. The molecule has 0 N–H and O–H groups in total. The maximum atomic E-state index is 15.1. The Labute approximate surface area is 263 Å². The Morgan fingerprint density at radius 2 is 1.13 bits per heavy atom. The number of nitrogens with zero attached hydrogens (tertiary/aromatic N) is 2. The first-order valence-corrected chi connectivity index (χ1v) is 14.5. The lowest BCUT2D eigenvalue weighted by atomic mass is 10.00. The van der Waals surface area contributed by atoms with Crippen molar-refractivity contribution in [2.45, 2.75) is 45.1 Å². The summed E-state index contributed by atoms with van der Waals surface area (Å²) in [6.45, 7) is 2.11. The summed E-state index contributed by atoms with van der Waals surface area (Å²) in [5, 5.41) is 0. The largest absolute Gasteiger partial charge is 0.432 e. The van der Waals surface area contributed by atoms with Gasteiger partial charge in [-0.15, -0.1) is 0 Å². The van der Waals surface area contributed by atoms with E-state index < -0.39 is 69.3 Å². The highest BCUT2D eigenvalue weighted by Crippen LogP contribution is 2.39. The van der Waals surface area contributed by atoms with Crippen LogP contribution in [0.4, 0.5) is 39.5 Å². The Balaban J connectivity index is 1.34. The van der Waals surface area contributed by atoms with Gasteiger partial charge in [-0.3, -0.25) is 0 Å². The second-order valence-corrected chi connectivity index (χ2v) is 10.7. The molecule has 1 aromatic heterocycles. The van der Waals surface area contributed by atoms with Crippen molar-refractivity contribution in [1.29, 1.82) is 0 Å². The maximum absolute atomic E-state index is 15.1. The molecular formula is C35H25F9N2O. The van der Waals surface area contributed by atoms with Gasteiger partial charge in [-0.2, -0.15) is 8.78 Å². The third kappa shape index (κ3) is 7.42. The molecule has 0 saturated heterocycles. The number of rotatable bonds is 11. The molecule has 0 atom stereocenters. The molecule has 0 unspecified atom stereocenters. The first-order valence-electron chi connectivity index (χ1n) is 14.5. The standard InChI is InChI=1S/C35H25F9N2O/c1-2-3-4-5-6-19-17-45-34(46-18-19)20-7-9-24(26(36)11-20)21-12-28(38)32(29(39)13-21)35(43,44)47-23-8-10-25(27(37)16-23)22-14-30(40)33(42)31(41)15-22/h7-18H,2-6H2,1H3. The minimum atomic E-state index is -4.68. The molecular weight excluding hydrogens is 635 g/mol. The summed E-state index contributed by atoms with van der Waals surface area (Å²) in [5.41, 5.74) is -2.22. The first kappa shape index (κ1) is 33.5. The van der Waals surface area contributed by atoms with Crippen LogP contribution in [0.15, 0.2) is 73.1 Å². The molecule has 1 heterocycles. The zero-order chi connectivity index (χ0) is 33.9. The van der Waals surface area contributed by atoms with E-state index in [4.69, 9.17) is 0 Å². The van der Waals surface area contributed by atoms with Crippen molar-refractivity contribution in [2.24, 2.45) is 0 Å². The van der Waals surface area contributed by atoms with Gasteiger partial charge in [-0.1, -0.05) is 38.3 Å². The summed E-state index contributed by atoms with van der Waals surface area (Å²) < 4.78 is 135. The van der Waals surface area contributed by atoms with Gasteiger partial charge < -0.3 is 4.74 Å². The summed E-state index contributed by atoms with van der Waals surface area (Å²) in [4.78, 5) is 8.53. The molecule has 0 spiro atoms. The van der Waals surface area contributed by atoms with Crippen LogP contribution in [0.5, 0.6) is 5.75 Å². The number of ether oxygens (including phenoxy) is 1. The molecule has 5 rings (SSSR count). The van der Waals surface area contributed by atoms with Crippen LogP contribution in [0.3, 0.4) is 0 Å². The average Bonchev–Trinajstić information content (AvgIpc) is 3.01. The van der Waals surface area contributed by atoms with Crippen molar-refractivity contribution in [3.8, 4) is 39.4 Å². The molecule has 4 aromatic carbocycles. The van der Waals surface area contributed by atoms with E-state index in [1.165, 1.54) is 12.1 Å². The van der Waals surface area contributed by atoms with Gasteiger partial charge in [-0.05, 0) is 72.0 Å².